The normalized spacial score (nSPS) is 26.6. The van der Waals surface area contributed by atoms with Crippen LogP contribution in [0.2, 0.25) is 6.25 Å². The fraction of sp³-hybridized carbons (Fsp3) is 0.636. The van der Waals surface area contributed by atoms with Crippen molar-refractivity contribution in [2.45, 2.75) is 85.3 Å². The Kier molecular flexibility index (Phi) is 12.2. The maximum Gasteiger partial charge on any atom is -1.00 e. The molecule has 0 radical (unpaired) electrons. The van der Waals surface area contributed by atoms with Gasteiger partial charge in [-0.05, 0) is 0 Å². The molecule has 0 heterocycles. The Morgan fingerprint density at radius 1 is 0.720 bits per heavy atom. The Morgan fingerprint density at radius 3 is 1.48 bits per heavy atom. The zero-order chi connectivity index (χ0) is 16.8. The Bertz CT molecular complexity index is 472. The molecule has 2 atom stereocenters. The van der Waals surface area contributed by atoms with Crippen LogP contribution in [0.5, 0.6) is 0 Å². The van der Waals surface area contributed by atoms with Crippen molar-refractivity contribution in [2.24, 2.45) is 0 Å². The molecule has 0 amide bonds. The van der Waals surface area contributed by atoms with Crippen molar-refractivity contribution in [3.05, 3.63) is 47.6 Å². The van der Waals surface area contributed by atoms with Gasteiger partial charge in [0.2, 0.25) is 0 Å². The molecule has 0 spiro atoms. The zero-order valence-corrected chi connectivity index (χ0v) is 20.3. The van der Waals surface area contributed by atoms with Gasteiger partial charge in [0.15, 0.2) is 0 Å². The summed E-state index contributed by atoms with van der Waals surface area (Å²) in [6, 6.07) is 0. The van der Waals surface area contributed by atoms with Gasteiger partial charge in [0.25, 0.3) is 0 Å². The van der Waals surface area contributed by atoms with Crippen LogP contribution in [0.3, 0.4) is 0 Å². The van der Waals surface area contributed by atoms with Crippen molar-refractivity contribution >= 4 is 0 Å². The summed E-state index contributed by atoms with van der Waals surface area (Å²) in [5.74, 6) is 0. The number of unbranched alkanes of at least 4 members (excludes halogenated alkanes) is 4. The van der Waals surface area contributed by atoms with Gasteiger partial charge in [-0.25, -0.2) is 0 Å². The molecule has 0 saturated carbocycles. The number of halogens is 2. The third kappa shape index (κ3) is 8.32. The van der Waals surface area contributed by atoms with Crippen LogP contribution in [0.25, 0.3) is 0 Å². The molecule has 0 aromatic rings. The summed E-state index contributed by atoms with van der Waals surface area (Å²) in [6.45, 7) is 9.53. The van der Waals surface area contributed by atoms with Gasteiger partial charge in [-0.1, -0.05) is 0 Å². The molecule has 0 N–H and O–H groups in total. The summed E-state index contributed by atoms with van der Waals surface area (Å²) in [7, 11) is 0. The van der Waals surface area contributed by atoms with Crippen LogP contribution in [0, 0.1) is 0 Å². The summed E-state index contributed by atoms with van der Waals surface area (Å²) in [5.41, 5.74) is 3.19. The first-order valence-corrected chi connectivity index (χ1v) is 12.1. The van der Waals surface area contributed by atoms with Gasteiger partial charge in [0.1, 0.15) is 0 Å². The van der Waals surface area contributed by atoms with Gasteiger partial charge in [-0.2, -0.15) is 0 Å². The molecule has 140 valence electrons. The van der Waals surface area contributed by atoms with Crippen LogP contribution in [0.4, 0.5) is 0 Å². The number of hydrogen-bond donors (Lipinski definition) is 0. The molecule has 2 rings (SSSR count). The number of allylic oxidation sites excluding steroid dienone is 8. The average molecular weight is 461 g/mol. The second-order valence-corrected chi connectivity index (χ2v) is 13.6. The first-order valence-electron chi connectivity index (χ1n) is 9.60. The van der Waals surface area contributed by atoms with E-state index >= 15 is 0 Å². The summed E-state index contributed by atoms with van der Waals surface area (Å²) < 4.78 is 0.804. The molecule has 0 aromatic heterocycles. The fourth-order valence-corrected chi connectivity index (χ4v) is 8.67. The maximum atomic E-state index is 2.61. The molecular formula is C22H34Cl2Zr. The van der Waals surface area contributed by atoms with Crippen molar-refractivity contribution < 1.29 is 48.0 Å². The molecule has 0 nitrogen and oxygen atoms in total. The van der Waals surface area contributed by atoms with Crippen molar-refractivity contribution in [1.29, 1.82) is 0 Å². The molecule has 0 saturated heterocycles. The monoisotopic (exact) mass is 458 g/mol. The van der Waals surface area contributed by atoms with E-state index in [1.165, 1.54) is 51.4 Å². The van der Waals surface area contributed by atoms with E-state index in [9.17, 15) is 0 Å². The number of hydrogen-bond acceptors (Lipinski definition) is 0. The van der Waals surface area contributed by atoms with Gasteiger partial charge in [-0.3, -0.25) is 0 Å². The van der Waals surface area contributed by atoms with Crippen LogP contribution in [0.1, 0.15) is 79.1 Å². The topological polar surface area (TPSA) is 0 Å². The van der Waals surface area contributed by atoms with E-state index in [0.29, 0.717) is 6.25 Å². The first kappa shape index (κ1) is 25.4. The van der Waals surface area contributed by atoms with Crippen LogP contribution in [-0.4, -0.2) is 0 Å². The van der Waals surface area contributed by atoms with E-state index in [0.717, 1.165) is 0 Å². The van der Waals surface area contributed by atoms with E-state index in [1.54, 1.807) is 11.1 Å². The minimum Gasteiger partial charge on any atom is -1.00 e. The van der Waals surface area contributed by atoms with Crippen LogP contribution in [0.15, 0.2) is 47.6 Å². The third-order valence-corrected chi connectivity index (χ3v) is 9.11. The van der Waals surface area contributed by atoms with Crippen LogP contribution < -0.4 is 24.8 Å². The average Bonchev–Trinajstić information content (AvgIpc) is 3.03. The predicted octanol–water partition coefficient (Wildman–Crippen LogP) is 1.59. The minimum atomic E-state index is -0.605. The third-order valence-electron chi connectivity index (χ3n) is 4.93. The molecule has 0 bridgehead atoms. The fourth-order valence-electron chi connectivity index (χ4n) is 3.73. The Balaban J connectivity index is 0.00000288. The zero-order valence-electron chi connectivity index (χ0n) is 16.4. The van der Waals surface area contributed by atoms with Gasteiger partial charge < -0.3 is 24.8 Å². The Labute approximate surface area is 180 Å². The van der Waals surface area contributed by atoms with E-state index in [2.05, 4.69) is 64.2 Å². The van der Waals surface area contributed by atoms with Crippen molar-refractivity contribution in [3.63, 3.8) is 0 Å². The smallest absolute Gasteiger partial charge is 1.00 e. The summed E-state index contributed by atoms with van der Waals surface area (Å²) in [6.07, 6.45) is 25.7. The molecular weight excluding hydrogens is 426 g/mol. The van der Waals surface area contributed by atoms with Crippen LogP contribution >= 0.6 is 0 Å². The molecule has 0 fully saturated rings. The predicted molar refractivity (Wildman–Crippen MR) is 99.5 cm³/mol. The van der Waals surface area contributed by atoms with Gasteiger partial charge >= 0.3 is 156 Å². The Hall–Kier alpha value is 0.423. The molecule has 2 aliphatic carbocycles. The second kappa shape index (κ2) is 12.0. The molecule has 0 aromatic carbocycles. The maximum absolute atomic E-state index is 2.61. The SMILES string of the molecule is CCCCCC1=C[C](C)([Zr+2][C]2(C)C=CC(CCCCC)=C2)C=C1.[Cl-].[Cl-]. The molecule has 25 heavy (non-hydrogen) atoms. The molecule has 2 unspecified atom stereocenters. The Morgan fingerprint density at radius 2 is 1.12 bits per heavy atom. The van der Waals surface area contributed by atoms with Gasteiger partial charge in [0.05, 0.1) is 0 Å². The van der Waals surface area contributed by atoms with Gasteiger partial charge in [0, 0.05) is 0 Å². The van der Waals surface area contributed by atoms with E-state index < -0.39 is 23.2 Å². The van der Waals surface area contributed by atoms with E-state index in [4.69, 9.17) is 0 Å². The summed E-state index contributed by atoms with van der Waals surface area (Å²) in [5, 5.41) is 0. The van der Waals surface area contributed by atoms with Crippen molar-refractivity contribution in [2.75, 3.05) is 0 Å². The van der Waals surface area contributed by atoms with Crippen molar-refractivity contribution in [3.8, 4) is 0 Å². The quantitative estimate of drug-likeness (QED) is 0.435. The second-order valence-electron chi connectivity index (χ2n) is 7.71. The number of rotatable bonds is 10. The van der Waals surface area contributed by atoms with Gasteiger partial charge in [-0.15, -0.1) is 0 Å². The standard InChI is InChI=1S/2C11H17.2ClH.Zr/c2*1-3-4-5-6-11-8-7-10(2)9-11;;;/h2*7-9H,3-6H2,1-2H3;2*1H;/q;;;;+2/p-2. The van der Waals surface area contributed by atoms with E-state index in [1.807, 2.05) is 0 Å². The molecule has 0 aliphatic heterocycles. The van der Waals surface area contributed by atoms with Crippen LogP contribution in [-0.2, 0) is 23.2 Å². The van der Waals surface area contributed by atoms with Crippen molar-refractivity contribution in [1.82, 2.24) is 0 Å². The first-order chi connectivity index (χ1) is 11.0. The van der Waals surface area contributed by atoms with E-state index in [-0.39, 0.29) is 24.8 Å². The molecule has 2 aliphatic rings. The largest absolute Gasteiger partial charge is 1.00 e. The summed E-state index contributed by atoms with van der Waals surface area (Å²) >= 11 is -0.605. The minimum absolute atomic E-state index is 0. The molecule has 3 heteroatoms. The summed E-state index contributed by atoms with van der Waals surface area (Å²) in [4.78, 5) is 0.